The third-order valence-corrected chi connectivity index (χ3v) is 6.70. The van der Waals surface area contributed by atoms with Gasteiger partial charge in [0, 0.05) is 25.3 Å². The first-order valence-corrected chi connectivity index (χ1v) is 10.4. The van der Waals surface area contributed by atoms with Crippen molar-refractivity contribution < 1.29 is 9.53 Å². The number of carbonyl (C=O) groups is 1. The molecule has 1 atom stereocenters. The number of nitrogens with zero attached hydrogens (tertiary/aromatic N) is 1. The lowest BCUT2D eigenvalue weighted by molar-refractivity contribution is -0.122. The molecule has 0 bridgehead atoms. The Kier molecular flexibility index (Phi) is 7.70. The Labute approximate surface area is 146 Å². The maximum Gasteiger partial charge on any atom is 0.233 e. The molecule has 0 radical (unpaired) electrons. The van der Waals surface area contributed by atoms with Crippen LogP contribution >= 0.6 is 11.8 Å². The zero-order valence-electron chi connectivity index (χ0n) is 15.1. The standard InChI is InChI=1S/C18H34N2O2S/c1-4-23-16(15(2)3)17(21)19-14-18(8-12-22-13-9-18)20-10-6-5-7-11-20/h15-16H,4-14H2,1-3H3,(H,19,21)/t16-/m0/s1. The van der Waals surface area contributed by atoms with E-state index in [-0.39, 0.29) is 16.7 Å². The molecule has 1 amide bonds. The third-order valence-electron chi connectivity index (χ3n) is 5.25. The second kappa shape index (κ2) is 9.28. The molecule has 5 heteroatoms. The Morgan fingerprint density at radius 3 is 2.43 bits per heavy atom. The molecule has 2 aliphatic heterocycles. The fraction of sp³-hybridized carbons (Fsp3) is 0.944. The van der Waals surface area contributed by atoms with E-state index in [0.717, 1.165) is 38.4 Å². The number of hydrogen-bond donors (Lipinski definition) is 1. The van der Waals surface area contributed by atoms with Crippen LogP contribution in [0.5, 0.6) is 0 Å². The van der Waals surface area contributed by atoms with E-state index in [1.165, 1.54) is 32.4 Å². The van der Waals surface area contributed by atoms with Crippen molar-refractivity contribution in [3.63, 3.8) is 0 Å². The van der Waals surface area contributed by atoms with Gasteiger partial charge in [-0.2, -0.15) is 0 Å². The number of carbonyl (C=O) groups excluding carboxylic acids is 1. The van der Waals surface area contributed by atoms with Crippen molar-refractivity contribution in [1.82, 2.24) is 10.2 Å². The number of rotatable bonds is 7. The number of hydrogen-bond acceptors (Lipinski definition) is 4. The molecule has 2 heterocycles. The van der Waals surface area contributed by atoms with Crippen LogP contribution in [0.4, 0.5) is 0 Å². The molecule has 0 aliphatic carbocycles. The van der Waals surface area contributed by atoms with Crippen LogP contribution in [0.1, 0.15) is 52.9 Å². The van der Waals surface area contributed by atoms with Crippen LogP contribution in [0, 0.1) is 5.92 Å². The minimum absolute atomic E-state index is 0.0678. The number of piperidine rings is 1. The van der Waals surface area contributed by atoms with Gasteiger partial charge in [-0.15, -0.1) is 11.8 Å². The predicted octanol–water partition coefficient (Wildman–Crippen LogP) is 2.92. The van der Waals surface area contributed by atoms with Gasteiger partial charge in [0.25, 0.3) is 0 Å². The van der Waals surface area contributed by atoms with Crippen LogP contribution in [0.15, 0.2) is 0 Å². The summed E-state index contributed by atoms with van der Waals surface area (Å²) in [7, 11) is 0. The molecule has 0 unspecified atom stereocenters. The van der Waals surface area contributed by atoms with E-state index in [0.29, 0.717) is 5.92 Å². The second-order valence-electron chi connectivity index (χ2n) is 7.22. The summed E-state index contributed by atoms with van der Waals surface area (Å²) in [5, 5.41) is 3.37. The largest absolute Gasteiger partial charge is 0.381 e. The fourth-order valence-electron chi connectivity index (χ4n) is 3.83. The fourth-order valence-corrected chi connectivity index (χ4v) is 4.81. The maximum absolute atomic E-state index is 12.7. The number of ether oxygens (including phenoxy) is 1. The smallest absolute Gasteiger partial charge is 0.233 e. The lowest BCUT2D eigenvalue weighted by atomic mass is 9.86. The third kappa shape index (κ3) is 5.10. The molecule has 0 aromatic heterocycles. The molecule has 0 aromatic carbocycles. The summed E-state index contributed by atoms with van der Waals surface area (Å²) in [5.74, 6) is 1.58. The summed E-state index contributed by atoms with van der Waals surface area (Å²) in [6, 6.07) is 0. The van der Waals surface area contributed by atoms with Crippen LogP contribution in [0.3, 0.4) is 0 Å². The van der Waals surface area contributed by atoms with Crippen LogP contribution < -0.4 is 5.32 Å². The van der Waals surface area contributed by atoms with Crippen LogP contribution in [0.2, 0.25) is 0 Å². The highest BCUT2D eigenvalue weighted by molar-refractivity contribution is 8.00. The zero-order chi connectivity index (χ0) is 16.7. The van der Waals surface area contributed by atoms with Crippen molar-refractivity contribution in [2.45, 2.75) is 63.7 Å². The average molecular weight is 343 g/mol. The van der Waals surface area contributed by atoms with Crippen LogP contribution in [-0.2, 0) is 9.53 Å². The number of likely N-dealkylation sites (tertiary alicyclic amines) is 1. The van der Waals surface area contributed by atoms with E-state index in [9.17, 15) is 4.79 Å². The van der Waals surface area contributed by atoms with Crippen molar-refractivity contribution in [2.24, 2.45) is 5.92 Å². The van der Waals surface area contributed by atoms with Crippen molar-refractivity contribution in [3.05, 3.63) is 0 Å². The Morgan fingerprint density at radius 2 is 1.87 bits per heavy atom. The molecule has 0 aromatic rings. The van der Waals surface area contributed by atoms with E-state index in [2.05, 4.69) is 31.0 Å². The minimum atomic E-state index is 0.0678. The van der Waals surface area contributed by atoms with Crippen molar-refractivity contribution in [3.8, 4) is 0 Å². The van der Waals surface area contributed by atoms with E-state index in [4.69, 9.17) is 4.74 Å². The molecule has 134 valence electrons. The molecule has 23 heavy (non-hydrogen) atoms. The molecule has 2 rings (SSSR count). The normalized spacial score (nSPS) is 23.7. The first-order valence-electron chi connectivity index (χ1n) is 9.31. The van der Waals surface area contributed by atoms with Gasteiger partial charge in [0.2, 0.25) is 5.91 Å². The Bertz CT molecular complexity index is 364. The molecular formula is C18H34N2O2S. The summed E-state index contributed by atoms with van der Waals surface area (Å²) in [6.07, 6.45) is 6.01. The van der Waals surface area contributed by atoms with Gasteiger partial charge in [0.05, 0.1) is 5.25 Å². The van der Waals surface area contributed by atoms with E-state index in [1.54, 1.807) is 11.8 Å². The second-order valence-corrected chi connectivity index (χ2v) is 8.64. The first-order chi connectivity index (χ1) is 11.1. The van der Waals surface area contributed by atoms with Gasteiger partial charge >= 0.3 is 0 Å². The van der Waals surface area contributed by atoms with Gasteiger partial charge in [-0.25, -0.2) is 0 Å². The maximum atomic E-state index is 12.7. The van der Waals surface area contributed by atoms with Gasteiger partial charge in [-0.05, 0) is 50.4 Å². The minimum Gasteiger partial charge on any atom is -0.381 e. The summed E-state index contributed by atoms with van der Waals surface area (Å²) in [4.78, 5) is 15.3. The summed E-state index contributed by atoms with van der Waals surface area (Å²) >= 11 is 1.76. The first kappa shape index (κ1) is 19.1. The molecule has 2 saturated heterocycles. The average Bonchev–Trinajstić information content (AvgIpc) is 2.59. The lowest BCUT2D eigenvalue weighted by Gasteiger charge is -2.48. The quantitative estimate of drug-likeness (QED) is 0.772. The Hall–Kier alpha value is -0.260. The molecule has 0 saturated carbocycles. The van der Waals surface area contributed by atoms with Gasteiger partial charge < -0.3 is 10.1 Å². The van der Waals surface area contributed by atoms with Crippen molar-refractivity contribution >= 4 is 17.7 Å². The van der Waals surface area contributed by atoms with Crippen LogP contribution in [0.25, 0.3) is 0 Å². The van der Waals surface area contributed by atoms with E-state index < -0.39 is 0 Å². The van der Waals surface area contributed by atoms with E-state index >= 15 is 0 Å². The Morgan fingerprint density at radius 1 is 1.22 bits per heavy atom. The monoisotopic (exact) mass is 342 g/mol. The van der Waals surface area contributed by atoms with E-state index in [1.807, 2.05) is 0 Å². The number of amides is 1. The molecule has 1 N–H and O–H groups in total. The van der Waals surface area contributed by atoms with Crippen molar-refractivity contribution in [2.75, 3.05) is 38.6 Å². The Balaban J connectivity index is 1.98. The summed E-state index contributed by atoms with van der Waals surface area (Å²) in [5.41, 5.74) is 0.118. The predicted molar refractivity (Wildman–Crippen MR) is 98.0 cm³/mol. The molecule has 4 nitrogen and oxygen atoms in total. The summed E-state index contributed by atoms with van der Waals surface area (Å²) < 4.78 is 5.60. The highest BCUT2D eigenvalue weighted by Crippen LogP contribution is 2.30. The van der Waals surface area contributed by atoms with Gasteiger partial charge in [0.1, 0.15) is 0 Å². The van der Waals surface area contributed by atoms with Crippen molar-refractivity contribution in [1.29, 1.82) is 0 Å². The van der Waals surface area contributed by atoms with Gasteiger partial charge in [-0.3, -0.25) is 9.69 Å². The number of thioether (sulfide) groups is 1. The topological polar surface area (TPSA) is 41.6 Å². The van der Waals surface area contributed by atoms with Gasteiger partial charge in [0.15, 0.2) is 0 Å². The highest BCUT2D eigenvalue weighted by Gasteiger charge is 2.39. The molecule has 0 spiro atoms. The molecular weight excluding hydrogens is 308 g/mol. The molecule has 2 aliphatic rings. The SMILES string of the molecule is CCS[C@H](C(=O)NCC1(N2CCCCC2)CCOCC1)C(C)C. The molecule has 2 fully saturated rings. The number of nitrogens with one attached hydrogen (secondary N) is 1. The lowest BCUT2D eigenvalue weighted by Crippen LogP contribution is -2.60. The van der Waals surface area contributed by atoms with Gasteiger partial charge in [-0.1, -0.05) is 27.2 Å². The summed E-state index contributed by atoms with van der Waals surface area (Å²) in [6.45, 7) is 11.2. The van der Waals surface area contributed by atoms with Crippen LogP contribution in [-0.4, -0.2) is 60.2 Å². The zero-order valence-corrected chi connectivity index (χ0v) is 15.9. The highest BCUT2D eigenvalue weighted by atomic mass is 32.2.